The fourth-order valence-electron chi connectivity index (χ4n) is 14.4. The minimum atomic E-state index is -1.03. The Bertz CT molecular complexity index is 3710. The summed E-state index contributed by atoms with van der Waals surface area (Å²) in [6.45, 7) is 16.1. The number of hydrogen-bond acceptors (Lipinski definition) is 14. The molecule has 2 aromatic heterocycles. The molecule has 4 N–H and O–H groups in total. The number of rotatable bonds is 14. The lowest BCUT2D eigenvalue weighted by molar-refractivity contribution is -0.136. The summed E-state index contributed by atoms with van der Waals surface area (Å²) < 4.78 is 18.0. The molecule has 4 saturated heterocycles. The molecule has 0 radical (unpaired) electrons. The van der Waals surface area contributed by atoms with Crippen molar-refractivity contribution in [2.24, 2.45) is 0 Å². The number of imide groups is 2. The zero-order valence-electron chi connectivity index (χ0n) is 49.6. The predicted molar refractivity (Wildman–Crippen MR) is 325 cm³/mol. The third-order valence-electron chi connectivity index (χ3n) is 19.2. The van der Waals surface area contributed by atoms with E-state index >= 15 is 9.18 Å². The molecule has 1 saturated carbocycles. The van der Waals surface area contributed by atoms with Gasteiger partial charge in [-0.25, -0.2) is 14.4 Å². The molecule has 448 valence electrons. The molecule has 7 aliphatic rings. The summed E-state index contributed by atoms with van der Waals surface area (Å²) in [6, 6.07) is 23.9. The van der Waals surface area contributed by atoms with E-state index in [1.807, 2.05) is 53.6 Å². The standard InChI is InChI=1S/C66H75FN12O7/c1-38(2)69-60(81)48-34-53(51(67)29-40(48)5)71-59-58-54(68-37-77(58)39(3)4)35-52(70-59)43-13-16-50-56(30-43)78(46-31-45(32-46)74-21-7-6-8-22-74)65(86)66(50)19-23-73(24-20-66)36-41-9-11-42(12-10-41)62(83)76-27-25-75(26-28-76)44-14-15-47-49(33-44)64(85)79(63(47)84)55-17-18-57(80)72-61(55)82/h9-16,29-30,33-35,37-39,45-46,55,60,69,81H,6-8,17-28,31-32,36H2,1-5H3,(H,70,71)(H,72,80,82)/t45-,46+,55?,60?. The van der Waals surface area contributed by atoms with E-state index < -0.39 is 47.1 Å². The van der Waals surface area contributed by atoms with Gasteiger partial charge in [-0.15, -0.1) is 0 Å². The van der Waals surface area contributed by atoms with Crippen LogP contribution in [0, 0.1) is 12.7 Å². The third kappa shape index (κ3) is 10.3. The summed E-state index contributed by atoms with van der Waals surface area (Å²) in [4.78, 5) is 103. The van der Waals surface area contributed by atoms with Gasteiger partial charge in [-0.05, 0) is 177 Å². The Balaban J connectivity index is 0.698. The molecule has 13 rings (SSSR count). The van der Waals surface area contributed by atoms with E-state index in [2.05, 4.69) is 67.6 Å². The fraction of sp³-hybridized carbons (Fsp3) is 0.455. The maximum Gasteiger partial charge on any atom is 0.262 e. The second-order valence-electron chi connectivity index (χ2n) is 25.3. The second kappa shape index (κ2) is 22.7. The number of hydrogen-bond donors (Lipinski definition) is 4. The second-order valence-corrected chi connectivity index (χ2v) is 25.3. The monoisotopic (exact) mass is 1170 g/mol. The Labute approximate surface area is 499 Å². The number of halogens is 1. The molecule has 86 heavy (non-hydrogen) atoms. The molecule has 1 spiro atoms. The smallest absolute Gasteiger partial charge is 0.262 e. The number of piperidine rings is 3. The van der Waals surface area contributed by atoms with E-state index in [4.69, 9.17) is 9.97 Å². The molecule has 6 aromatic rings. The first-order valence-electron chi connectivity index (χ1n) is 30.8. The van der Waals surface area contributed by atoms with Crippen LogP contribution in [0.25, 0.3) is 22.3 Å². The van der Waals surface area contributed by atoms with Gasteiger partial charge in [0.25, 0.3) is 17.7 Å². The number of pyridine rings is 1. The lowest BCUT2D eigenvalue weighted by atomic mass is 9.73. The Hall–Kier alpha value is -7.91. The highest BCUT2D eigenvalue weighted by Gasteiger charge is 2.56. The van der Waals surface area contributed by atoms with Crippen LogP contribution in [0.5, 0.6) is 0 Å². The van der Waals surface area contributed by atoms with Crippen LogP contribution in [-0.2, 0) is 26.3 Å². The van der Waals surface area contributed by atoms with Crippen LogP contribution in [-0.4, -0.2) is 151 Å². The van der Waals surface area contributed by atoms with Gasteiger partial charge in [0.2, 0.25) is 17.7 Å². The number of nitrogens with one attached hydrogen (secondary N) is 3. The van der Waals surface area contributed by atoms with Crippen molar-refractivity contribution in [1.82, 2.24) is 44.8 Å². The number of aliphatic hydroxyl groups is 1. The zero-order valence-corrected chi connectivity index (χ0v) is 49.6. The van der Waals surface area contributed by atoms with E-state index in [0.717, 1.165) is 64.4 Å². The van der Waals surface area contributed by atoms with Crippen molar-refractivity contribution in [3.05, 3.63) is 130 Å². The van der Waals surface area contributed by atoms with Gasteiger partial charge in [0.15, 0.2) is 5.82 Å². The molecule has 6 aliphatic heterocycles. The summed E-state index contributed by atoms with van der Waals surface area (Å²) >= 11 is 0. The molecule has 2 unspecified atom stereocenters. The quantitative estimate of drug-likeness (QED) is 0.0600. The molecule has 1 aliphatic carbocycles. The Kier molecular flexibility index (Phi) is 15.1. The number of aliphatic hydroxyl groups excluding tert-OH is 1. The van der Waals surface area contributed by atoms with Crippen LogP contribution in [0.1, 0.15) is 151 Å². The number of fused-ring (bicyclic) bond motifs is 4. The van der Waals surface area contributed by atoms with Crippen LogP contribution >= 0.6 is 0 Å². The summed E-state index contributed by atoms with van der Waals surface area (Å²) in [5, 5.41) is 19.8. The van der Waals surface area contributed by atoms with Gasteiger partial charge >= 0.3 is 0 Å². The van der Waals surface area contributed by atoms with Crippen molar-refractivity contribution < 1.29 is 38.3 Å². The average molecular weight is 1170 g/mol. The number of anilines is 4. The molecule has 19 nitrogen and oxygen atoms in total. The van der Waals surface area contributed by atoms with E-state index in [0.29, 0.717) is 98.4 Å². The van der Waals surface area contributed by atoms with E-state index in [1.54, 1.807) is 37.5 Å². The van der Waals surface area contributed by atoms with Gasteiger partial charge in [-0.3, -0.25) is 49.2 Å². The van der Waals surface area contributed by atoms with E-state index in [9.17, 15) is 29.1 Å². The number of aryl methyl sites for hydroxylation is 1. The van der Waals surface area contributed by atoms with Gasteiger partial charge < -0.3 is 34.6 Å². The molecular weight excluding hydrogens is 1090 g/mol. The number of likely N-dealkylation sites (tertiary alicyclic amines) is 2. The number of benzene rings is 4. The lowest BCUT2D eigenvalue weighted by Crippen LogP contribution is -2.58. The predicted octanol–water partition coefficient (Wildman–Crippen LogP) is 8.12. The van der Waals surface area contributed by atoms with Gasteiger partial charge in [-0.2, -0.15) is 0 Å². The highest BCUT2D eigenvalue weighted by Crippen LogP contribution is 2.52. The summed E-state index contributed by atoms with van der Waals surface area (Å²) in [7, 11) is 0. The van der Waals surface area contributed by atoms with Gasteiger partial charge in [0.1, 0.15) is 23.6 Å². The number of nitrogens with zero attached hydrogens (tertiary/aromatic N) is 9. The summed E-state index contributed by atoms with van der Waals surface area (Å²) in [5.74, 6) is -2.11. The van der Waals surface area contributed by atoms with Crippen LogP contribution in [0.15, 0.2) is 85.2 Å². The minimum Gasteiger partial charge on any atom is -0.374 e. The number of piperazine rings is 1. The van der Waals surface area contributed by atoms with E-state index in [1.165, 1.54) is 25.3 Å². The largest absolute Gasteiger partial charge is 0.374 e. The summed E-state index contributed by atoms with van der Waals surface area (Å²) in [6.07, 6.45) is 7.80. The molecule has 6 amide bonds. The molecule has 2 atom stereocenters. The van der Waals surface area contributed by atoms with Crippen molar-refractivity contribution in [2.75, 3.05) is 67.5 Å². The fourth-order valence-corrected chi connectivity index (χ4v) is 14.4. The average Bonchev–Trinajstić information content (AvgIpc) is 1.73. The van der Waals surface area contributed by atoms with Crippen LogP contribution in [0.3, 0.4) is 0 Å². The summed E-state index contributed by atoms with van der Waals surface area (Å²) in [5.41, 5.74) is 8.42. The van der Waals surface area contributed by atoms with Crippen LogP contribution in [0.2, 0.25) is 0 Å². The van der Waals surface area contributed by atoms with Crippen LogP contribution in [0.4, 0.5) is 27.3 Å². The lowest BCUT2D eigenvalue weighted by Gasteiger charge is -2.48. The molecule has 5 fully saturated rings. The SMILES string of the molecule is Cc1cc(F)c(Nc2nc(-c3ccc4c(c3)N([C@H]3C[C@@H](N5CCCCC5)C3)C(=O)C43CCN(Cc4ccc(C(=O)N5CCN(c6ccc7c(c6)C(=O)N(C6CCC(=O)NC6=O)C7=O)CC5)cc4)CC3)cc3ncn(C(C)C)c23)cc1C(O)NC(C)C. The number of amides is 6. The topological polar surface area (TPSA) is 209 Å². The van der Waals surface area contributed by atoms with Crippen molar-refractivity contribution in [3.63, 3.8) is 0 Å². The molecule has 8 heterocycles. The Morgan fingerprint density at radius 1 is 0.802 bits per heavy atom. The zero-order chi connectivity index (χ0) is 59.9. The minimum absolute atomic E-state index is 0.00360. The third-order valence-corrected chi connectivity index (χ3v) is 19.2. The van der Waals surface area contributed by atoms with Gasteiger partial charge in [-0.1, -0.05) is 30.7 Å². The molecular formula is C66H75FN12O7. The van der Waals surface area contributed by atoms with Crippen LogP contribution < -0.4 is 25.8 Å². The highest BCUT2D eigenvalue weighted by molar-refractivity contribution is 6.24. The van der Waals surface area contributed by atoms with Gasteiger partial charge in [0, 0.05) is 91.4 Å². The number of carbonyl (C=O) groups is 6. The maximum absolute atomic E-state index is 16.0. The number of aromatic nitrogens is 3. The Morgan fingerprint density at radius 3 is 2.24 bits per heavy atom. The van der Waals surface area contributed by atoms with E-state index in [-0.39, 0.29) is 59.6 Å². The van der Waals surface area contributed by atoms with Gasteiger partial charge in [0.05, 0.1) is 39.8 Å². The Morgan fingerprint density at radius 2 is 1.53 bits per heavy atom. The van der Waals surface area contributed by atoms with Crippen molar-refractivity contribution >= 4 is 69.4 Å². The number of imidazole rings is 1. The number of carbonyl (C=O) groups excluding carboxylic acids is 6. The molecule has 4 aromatic carbocycles. The first kappa shape index (κ1) is 57.2. The highest BCUT2D eigenvalue weighted by atomic mass is 19.1. The van der Waals surface area contributed by atoms with Crippen molar-refractivity contribution in [3.8, 4) is 11.3 Å². The maximum atomic E-state index is 16.0. The van der Waals surface area contributed by atoms with Crippen molar-refractivity contribution in [1.29, 1.82) is 0 Å². The molecule has 20 heteroatoms. The molecule has 0 bridgehead atoms. The first-order chi connectivity index (χ1) is 41.4. The normalized spacial score (nSPS) is 22.1. The first-order valence-corrected chi connectivity index (χ1v) is 30.8. The van der Waals surface area contributed by atoms with Crippen molar-refractivity contribution in [2.45, 2.75) is 141 Å².